The van der Waals surface area contributed by atoms with Crippen LogP contribution in [-0.2, 0) is 14.1 Å². The number of carbonyl (C=O) groups is 1. The van der Waals surface area contributed by atoms with E-state index >= 15 is 0 Å². The molecule has 0 N–H and O–H groups in total. The third-order valence-corrected chi connectivity index (χ3v) is 4.79. The molecule has 5 nitrogen and oxygen atoms in total. The first-order valence-corrected chi connectivity index (χ1v) is 8.95. The molecule has 0 bridgehead atoms. The summed E-state index contributed by atoms with van der Waals surface area (Å²) in [7, 11) is -2.64. The molecule has 2 rings (SSSR count). The fourth-order valence-corrected chi connectivity index (χ4v) is 3.37. The van der Waals surface area contributed by atoms with E-state index in [1.54, 1.807) is 24.3 Å². The van der Waals surface area contributed by atoms with E-state index in [1.165, 1.54) is 31.4 Å². The van der Waals surface area contributed by atoms with Crippen LogP contribution in [0, 0.1) is 0 Å². The summed E-state index contributed by atoms with van der Waals surface area (Å²) < 4.78 is 28.2. The summed E-state index contributed by atoms with van der Waals surface area (Å²) >= 11 is 11.6. The summed E-state index contributed by atoms with van der Waals surface area (Å²) in [6.07, 6.45) is -0.533. The average molecular weight is 375 g/mol. The minimum absolute atomic E-state index is 0.260. The van der Waals surface area contributed by atoms with Crippen molar-refractivity contribution in [3.8, 4) is 11.5 Å². The van der Waals surface area contributed by atoms with Crippen LogP contribution in [-0.4, -0.2) is 19.2 Å². The van der Waals surface area contributed by atoms with Gasteiger partial charge in [0.05, 0.1) is 7.11 Å². The standard InChI is InChI=1S/C15H13Cl2O5P/c1-20-15(18)10-23(19,21-13-6-2-11(16)3-7-13)22-14-8-4-12(17)5-9-14/h2-9H,10H2,1H3. The lowest BCUT2D eigenvalue weighted by Gasteiger charge is -2.19. The monoisotopic (exact) mass is 374 g/mol. The van der Waals surface area contributed by atoms with E-state index in [9.17, 15) is 9.36 Å². The zero-order valence-electron chi connectivity index (χ0n) is 12.1. The fraction of sp³-hybridized carbons (Fsp3) is 0.133. The minimum Gasteiger partial charge on any atom is -0.468 e. The molecule has 0 aliphatic rings. The Morgan fingerprint density at radius 2 is 1.30 bits per heavy atom. The predicted octanol–water partition coefficient (Wildman–Crippen LogP) is 4.82. The van der Waals surface area contributed by atoms with Crippen molar-refractivity contribution in [2.45, 2.75) is 0 Å². The van der Waals surface area contributed by atoms with Gasteiger partial charge in [-0.3, -0.25) is 4.79 Å². The van der Waals surface area contributed by atoms with Gasteiger partial charge < -0.3 is 13.8 Å². The number of rotatable bonds is 6. The highest BCUT2D eigenvalue weighted by molar-refractivity contribution is 7.55. The third-order valence-electron chi connectivity index (χ3n) is 2.67. The molecule has 2 aromatic carbocycles. The molecule has 0 aromatic heterocycles. The van der Waals surface area contributed by atoms with Crippen molar-refractivity contribution < 1.29 is 23.1 Å². The van der Waals surface area contributed by atoms with Crippen LogP contribution in [0.1, 0.15) is 0 Å². The topological polar surface area (TPSA) is 61.8 Å². The second kappa shape index (κ2) is 7.73. The molecule has 0 aliphatic carbocycles. The zero-order chi connectivity index (χ0) is 16.9. The highest BCUT2D eigenvalue weighted by Crippen LogP contribution is 2.48. The molecule has 0 aliphatic heterocycles. The van der Waals surface area contributed by atoms with E-state index in [4.69, 9.17) is 32.2 Å². The Kier molecular flexibility index (Phi) is 5.94. The quantitative estimate of drug-likeness (QED) is 0.535. The van der Waals surface area contributed by atoms with Crippen LogP contribution in [0.4, 0.5) is 0 Å². The molecular formula is C15H13Cl2O5P. The minimum atomic E-state index is -3.83. The number of hydrogen-bond donors (Lipinski definition) is 0. The van der Waals surface area contributed by atoms with E-state index < -0.39 is 19.7 Å². The smallest absolute Gasteiger partial charge is 0.441 e. The first kappa shape index (κ1) is 17.7. The van der Waals surface area contributed by atoms with E-state index in [1.807, 2.05) is 0 Å². The van der Waals surface area contributed by atoms with Gasteiger partial charge in [0.15, 0.2) is 6.16 Å². The Morgan fingerprint density at radius 1 is 0.913 bits per heavy atom. The summed E-state index contributed by atoms with van der Waals surface area (Å²) in [5, 5.41) is 0.998. The molecular weight excluding hydrogens is 362 g/mol. The lowest BCUT2D eigenvalue weighted by Crippen LogP contribution is -2.14. The molecule has 0 atom stereocenters. The van der Waals surface area contributed by atoms with E-state index in [0.29, 0.717) is 10.0 Å². The van der Waals surface area contributed by atoms with E-state index in [-0.39, 0.29) is 11.5 Å². The number of esters is 1. The van der Waals surface area contributed by atoms with Crippen molar-refractivity contribution >= 4 is 36.8 Å². The van der Waals surface area contributed by atoms with Gasteiger partial charge in [-0.25, -0.2) is 4.57 Å². The molecule has 0 radical (unpaired) electrons. The van der Waals surface area contributed by atoms with Crippen molar-refractivity contribution in [2.75, 3.05) is 13.3 Å². The normalized spacial score (nSPS) is 10.9. The van der Waals surface area contributed by atoms with Crippen LogP contribution in [0.3, 0.4) is 0 Å². The second-order valence-corrected chi connectivity index (χ2v) is 7.21. The Bertz CT molecular complexity index is 664. The van der Waals surface area contributed by atoms with Crippen molar-refractivity contribution in [3.63, 3.8) is 0 Å². The third kappa shape index (κ3) is 5.47. The first-order chi connectivity index (χ1) is 10.9. The van der Waals surface area contributed by atoms with Gasteiger partial charge in [0, 0.05) is 10.0 Å². The Labute approximate surface area is 143 Å². The number of benzene rings is 2. The van der Waals surface area contributed by atoms with Crippen LogP contribution >= 0.6 is 30.8 Å². The van der Waals surface area contributed by atoms with Crippen LogP contribution in [0.2, 0.25) is 10.0 Å². The molecule has 122 valence electrons. The lowest BCUT2D eigenvalue weighted by molar-refractivity contribution is -0.137. The van der Waals surface area contributed by atoms with Crippen molar-refractivity contribution in [2.24, 2.45) is 0 Å². The lowest BCUT2D eigenvalue weighted by atomic mass is 10.3. The molecule has 23 heavy (non-hydrogen) atoms. The van der Waals surface area contributed by atoms with Crippen molar-refractivity contribution in [1.82, 2.24) is 0 Å². The summed E-state index contributed by atoms with van der Waals surface area (Å²) in [6, 6.07) is 12.4. The van der Waals surface area contributed by atoms with Gasteiger partial charge >= 0.3 is 13.6 Å². The second-order valence-electron chi connectivity index (χ2n) is 4.44. The number of carbonyl (C=O) groups excluding carboxylic acids is 1. The van der Waals surface area contributed by atoms with Gasteiger partial charge in [-0.05, 0) is 48.5 Å². The molecule has 0 saturated carbocycles. The van der Waals surface area contributed by atoms with Crippen LogP contribution in [0.25, 0.3) is 0 Å². The number of ether oxygens (including phenoxy) is 1. The molecule has 0 fully saturated rings. The predicted molar refractivity (Wildman–Crippen MR) is 88.6 cm³/mol. The van der Waals surface area contributed by atoms with Gasteiger partial charge in [-0.2, -0.15) is 0 Å². The van der Waals surface area contributed by atoms with Crippen molar-refractivity contribution in [3.05, 3.63) is 58.6 Å². The van der Waals surface area contributed by atoms with Gasteiger partial charge in [0.2, 0.25) is 0 Å². The Morgan fingerprint density at radius 3 is 1.65 bits per heavy atom. The Hall–Kier alpha value is -1.68. The maximum atomic E-state index is 12.9. The van der Waals surface area contributed by atoms with Crippen molar-refractivity contribution in [1.29, 1.82) is 0 Å². The van der Waals surface area contributed by atoms with Crippen LogP contribution < -0.4 is 9.05 Å². The molecule has 0 saturated heterocycles. The highest BCUT2D eigenvalue weighted by Gasteiger charge is 2.32. The highest BCUT2D eigenvalue weighted by atomic mass is 35.5. The summed E-state index contributed by atoms with van der Waals surface area (Å²) in [5.74, 6) is -0.192. The largest absolute Gasteiger partial charge is 0.468 e. The summed E-state index contributed by atoms with van der Waals surface area (Å²) in [6.45, 7) is 0. The van der Waals surface area contributed by atoms with E-state index in [2.05, 4.69) is 4.74 Å². The number of hydrogen-bond acceptors (Lipinski definition) is 5. The maximum absolute atomic E-state index is 12.9. The van der Waals surface area contributed by atoms with Crippen LogP contribution in [0.15, 0.2) is 48.5 Å². The van der Waals surface area contributed by atoms with E-state index in [0.717, 1.165) is 0 Å². The van der Waals surface area contributed by atoms with Gasteiger partial charge in [-0.1, -0.05) is 23.2 Å². The fourth-order valence-electron chi connectivity index (χ4n) is 1.62. The van der Waals surface area contributed by atoms with Crippen LogP contribution in [0.5, 0.6) is 11.5 Å². The molecule has 0 spiro atoms. The molecule has 0 heterocycles. The number of halogens is 2. The molecule has 2 aromatic rings. The molecule has 8 heteroatoms. The molecule has 0 amide bonds. The SMILES string of the molecule is COC(=O)CP(=O)(Oc1ccc(Cl)cc1)Oc1ccc(Cl)cc1. The number of methoxy groups -OCH3 is 1. The summed E-state index contributed by atoms with van der Waals surface area (Å²) in [5.41, 5.74) is 0. The maximum Gasteiger partial charge on any atom is 0.441 e. The average Bonchev–Trinajstić information content (AvgIpc) is 2.51. The van der Waals surface area contributed by atoms with Gasteiger partial charge in [0.1, 0.15) is 11.5 Å². The van der Waals surface area contributed by atoms with Gasteiger partial charge in [0.25, 0.3) is 0 Å². The van der Waals surface area contributed by atoms with Gasteiger partial charge in [-0.15, -0.1) is 0 Å². The zero-order valence-corrected chi connectivity index (χ0v) is 14.5. The Balaban J connectivity index is 2.23. The first-order valence-electron chi connectivity index (χ1n) is 6.46. The molecule has 0 unspecified atom stereocenters. The summed E-state index contributed by atoms with van der Waals surface area (Å²) in [4.78, 5) is 11.5.